The average molecular weight is 374 g/mol. The van der Waals surface area contributed by atoms with Gasteiger partial charge in [-0.15, -0.1) is 21.5 Å². The fourth-order valence-corrected chi connectivity index (χ4v) is 4.04. The van der Waals surface area contributed by atoms with Crippen molar-refractivity contribution in [3.8, 4) is 10.8 Å². The number of hydrogen-bond donors (Lipinski definition) is 0. The standard InChI is InChI=1S/C18H19N3O2S2/c1-9-6-11(3)14(7-10(9)2)15(22)8-24-18-21-20-17(23-18)16-12(4)19-13(5)25-16/h6-7H,8H2,1-5H3. The van der Waals surface area contributed by atoms with Crippen LogP contribution in [0.5, 0.6) is 0 Å². The first-order valence-corrected chi connectivity index (χ1v) is 9.67. The van der Waals surface area contributed by atoms with Crippen LogP contribution in [0.4, 0.5) is 0 Å². The van der Waals surface area contributed by atoms with Crippen LogP contribution in [0.3, 0.4) is 0 Å². The molecule has 3 rings (SSSR count). The van der Waals surface area contributed by atoms with E-state index in [2.05, 4.69) is 22.1 Å². The molecule has 2 heterocycles. The summed E-state index contributed by atoms with van der Waals surface area (Å²) in [6.07, 6.45) is 0. The second-order valence-corrected chi connectivity index (χ2v) is 8.11. The molecular formula is C18H19N3O2S2. The number of carbonyl (C=O) groups is 1. The van der Waals surface area contributed by atoms with Gasteiger partial charge >= 0.3 is 0 Å². The number of aromatic nitrogens is 3. The number of thioether (sulfide) groups is 1. The van der Waals surface area contributed by atoms with Crippen molar-refractivity contribution in [3.63, 3.8) is 0 Å². The lowest BCUT2D eigenvalue weighted by Crippen LogP contribution is -2.06. The van der Waals surface area contributed by atoms with E-state index in [4.69, 9.17) is 4.42 Å². The predicted molar refractivity (Wildman–Crippen MR) is 101 cm³/mol. The number of ketones is 1. The summed E-state index contributed by atoms with van der Waals surface area (Å²) in [5, 5.41) is 9.47. The summed E-state index contributed by atoms with van der Waals surface area (Å²) in [7, 11) is 0. The van der Waals surface area contributed by atoms with Gasteiger partial charge in [-0.05, 0) is 57.4 Å². The number of nitrogens with zero attached hydrogens (tertiary/aromatic N) is 3. The van der Waals surface area contributed by atoms with Crippen molar-refractivity contribution in [1.82, 2.24) is 15.2 Å². The van der Waals surface area contributed by atoms with Crippen LogP contribution in [-0.2, 0) is 0 Å². The largest absolute Gasteiger partial charge is 0.410 e. The van der Waals surface area contributed by atoms with Crippen molar-refractivity contribution < 1.29 is 9.21 Å². The number of benzene rings is 1. The predicted octanol–water partition coefficient (Wildman–Crippen LogP) is 4.71. The van der Waals surface area contributed by atoms with Crippen molar-refractivity contribution in [3.05, 3.63) is 45.1 Å². The molecule has 3 aromatic rings. The smallest absolute Gasteiger partial charge is 0.277 e. The van der Waals surface area contributed by atoms with Gasteiger partial charge in [0.1, 0.15) is 4.88 Å². The Morgan fingerprint density at radius 3 is 2.48 bits per heavy atom. The van der Waals surface area contributed by atoms with Crippen LogP contribution >= 0.6 is 23.1 Å². The number of carbonyl (C=O) groups excluding carboxylic acids is 1. The zero-order valence-electron chi connectivity index (χ0n) is 14.8. The molecule has 2 aromatic heterocycles. The van der Waals surface area contributed by atoms with E-state index in [-0.39, 0.29) is 11.5 Å². The van der Waals surface area contributed by atoms with Crippen molar-refractivity contribution in [2.24, 2.45) is 0 Å². The number of rotatable bonds is 5. The van der Waals surface area contributed by atoms with Gasteiger partial charge in [-0.3, -0.25) is 4.79 Å². The lowest BCUT2D eigenvalue weighted by molar-refractivity contribution is 0.102. The van der Waals surface area contributed by atoms with Crippen LogP contribution < -0.4 is 0 Å². The maximum Gasteiger partial charge on any atom is 0.277 e. The molecule has 0 unspecified atom stereocenters. The highest BCUT2D eigenvalue weighted by molar-refractivity contribution is 7.99. The van der Waals surface area contributed by atoms with E-state index in [0.29, 0.717) is 11.1 Å². The Morgan fingerprint density at radius 2 is 1.80 bits per heavy atom. The molecule has 0 amide bonds. The molecule has 130 valence electrons. The molecule has 0 aliphatic carbocycles. The molecule has 0 saturated heterocycles. The van der Waals surface area contributed by atoms with Gasteiger partial charge in [-0.1, -0.05) is 17.8 Å². The van der Waals surface area contributed by atoms with Gasteiger partial charge in [0.05, 0.1) is 16.5 Å². The van der Waals surface area contributed by atoms with Gasteiger partial charge in [0.25, 0.3) is 11.1 Å². The van der Waals surface area contributed by atoms with E-state index in [1.807, 2.05) is 39.8 Å². The molecule has 0 bridgehead atoms. The number of Topliss-reactive ketones (excluding diaryl/α,β-unsaturated/α-hetero) is 1. The molecule has 0 radical (unpaired) electrons. The molecule has 0 aliphatic rings. The summed E-state index contributed by atoms with van der Waals surface area (Å²) in [6, 6.07) is 4.00. The van der Waals surface area contributed by atoms with Gasteiger partial charge in [-0.25, -0.2) is 4.98 Å². The first kappa shape index (κ1) is 17.8. The van der Waals surface area contributed by atoms with E-state index in [0.717, 1.165) is 32.3 Å². The third kappa shape index (κ3) is 3.82. The topological polar surface area (TPSA) is 68.9 Å². The molecule has 0 N–H and O–H groups in total. The van der Waals surface area contributed by atoms with Gasteiger partial charge in [0.2, 0.25) is 0 Å². The second kappa shape index (κ2) is 7.09. The van der Waals surface area contributed by atoms with Crippen molar-refractivity contribution in [2.45, 2.75) is 39.8 Å². The number of hydrogen-bond acceptors (Lipinski definition) is 7. The normalized spacial score (nSPS) is 11.1. The van der Waals surface area contributed by atoms with Crippen LogP contribution in [0.15, 0.2) is 21.8 Å². The van der Waals surface area contributed by atoms with Crippen LogP contribution in [0.2, 0.25) is 0 Å². The third-order valence-corrected chi connectivity index (χ3v) is 5.85. The molecule has 0 saturated carbocycles. The molecule has 0 spiro atoms. The zero-order valence-corrected chi connectivity index (χ0v) is 16.5. The maximum absolute atomic E-state index is 12.5. The SMILES string of the molecule is Cc1nc(C)c(-c2nnc(SCC(=O)c3cc(C)c(C)cc3C)o2)s1. The van der Waals surface area contributed by atoms with Crippen molar-refractivity contribution >= 4 is 28.9 Å². The average Bonchev–Trinajstić information content (AvgIpc) is 3.14. The number of thiazole rings is 1. The Kier molecular flexibility index (Phi) is 5.06. The Labute approximate surface area is 154 Å². The van der Waals surface area contributed by atoms with Gasteiger partial charge in [0, 0.05) is 5.56 Å². The van der Waals surface area contributed by atoms with E-state index in [9.17, 15) is 4.79 Å². The molecule has 7 heteroatoms. The fraction of sp³-hybridized carbons (Fsp3) is 0.333. The summed E-state index contributed by atoms with van der Waals surface area (Å²) < 4.78 is 5.68. The van der Waals surface area contributed by atoms with Crippen LogP contribution in [-0.4, -0.2) is 26.7 Å². The summed E-state index contributed by atoms with van der Waals surface area (Å²) in [6.45, 7) is 9.89. The zero-order chi connectivity index (χ0) is 18.1. The highest BCUT2D eigenvalue weighted by atomic mass is 32.2. The molecule has 0 aliphatic heterocycles. The monoisotopic (exact) mass is 373 g/mol. The molecule has 25 heavy (non-hydrogen) atoms. The molecule has 0 fully saturated rings. The Bertz CT molecular complexity index is 944. The minimum atomic E-state index is 0.0650. The fourth-order valence-electron chi connectivity index (χ4n) is 2.56. The van der Waals surface area contributed by atoms with Crippen LogP contribution in [0.1, 0.15) is 37.7 Å². The van der Waals surface area contributed by atoms with Crippen molar-refractivity contribution in [2.75, 3.05) is 5.75 Å². The summed E-state index contributed by atoms with van der Waals surface area (Å²) in [5.74, 6) is 0.793. The van der Waals surface area contributed by atoms with E-state index in [1.54, 1.807) is 0 Å². The summed E-state index contributed by atoms with van der Waals surface area (Å²) in [4.78, 5) is 17.8. The van der Waals surface area contributed by atoms with E-state index >= 15 is 0 Å². The summed E-state index contributed by atoms with van der Waals surface area (Å²) >= 11 is 2.79. The first-order chi connectivity index (χ1) is 11.8. The third-order valence-electron chi connectivity index (χ3n) is 3.97. The highest BCUT2D eigenvalue weighted by Gasteiger charge is 2.17. The molecule has 1 aromatic carbocycles. The lowest BCUT2D eigenvalue weighted by Gasteiger charge is -2.08. The quantitative estimate of drug-likeness (QED) is 0.476. The Balaban J connectivity index is 1.71. The van der Waals surface area contributed by atoms with Gasteiger partial charge < -0.3 is 4.42 Å². The van der Waals surface area contributed by atoms with E-state index < -0.39 is 0 Å². The van der Waals surface area contributed by atoms with E-state index in [1.165, 1.54) is 28.7 Å². The lowest BCUT2D eigenvalue weighted by atomic mass is 9.99. The van der Waals surface area contributed by atoms with Gasteiger partial charge in [0.15, 0.2) is 5.78 Å². The molecular weight excluding hydrogens is 354 g/mol. The minimum Gasteiger partial charge on any atom is -0.410 e. The number of aryl methyl sites for hydroxylation is 5. The first-order valence-electron chi connectivity index (χ1n) is 7.87. The Morgan fingerprint density at radius 1 is 1.08 bits per heavy atom. The highest BCUT2D eigenvalue weighted by Crippen LogP contribution is 2.30. The molecule has 5 nitrogen and oxygen atoms in total. The minimum absolute atomic E-state index is 0.0650. The van der Waals surface area contributed by atoms with Crippen LogP contribution in [0, 0.1) is 34.6 Å². The molecule has 0 atom stereocenters. The van der Waals surface area contributed by atoms with Gasteiger partial charge in [-0.2, -0.15) is 0 Å². The van der Waals surface area contributed by atoms with Crippen LogP contribution in [0.25, 0.3) is 10.8 Å². The maximum atomic E-state index is 12.5. The summed E-state index contributed by atoms with van der Waals surface area (Å²) in [5.41, 5.74) is 4.94. The van der Waals surface area contributed by atoms with Crippen molar-refractivity contribution in [1.29, 1.82) is 0 Å². The second-order valence-electron chi connectivity index (χ2n) is 5.98. The Hall–Kier alpha value is -1.99.